The predicted molar refractivity (Wildman–Crippen MR) is 150 cm³/mol. The van der Waals surface area contributed by atoms with Crippen molar-refractivity contribution in [2.75, 3.05) is 14.2 Å². The molecule has 196 valence electrons. The number of methoxy groups -OCH3 is 2. The highest BCUT2D eigenvalue weighted by Gasteiger charge is 2.90. The molecule has 6 bridgehead atoms. The molecule has 0 spiro atoms. The summed E-state index contributed by atoms with van der Waals surface area (Å²) in [7, 11) is 3.78. The van der Waals surface area contributed by atoms with Gasteiger partial charge in [0, 0.05) is 21.9 Å². The van der Waals surface area contributed by atoms with Crippen molar-refractivity contribution in [3.8, 4) is 11.5 Å². The fourth-order valence-corrected chi connectivity index (χ4v) is 14.8. The van der Waals surface area contributed by atoms with E-state index in [9.17, 15) is 0 Å². The van der Waals surface area contributed by atoms with Crippen molar-refractivity contribution in [3.05, 3.63) is 59.7 Å². The second-order valence-electron chi connectivity index (χ2n) is 15.1. The van der Waals surface area contributed by atoms with Gasteiger partial charge in [-0.05, 0) is 119 Å². The summed E-state index contributed by atoms with van der Waals surface area (Å²) in [6.45, 7) is 14.7. The van der Waals surface area contributed by atoms with Gasteiger partial charge in [0.2, 0.25) is 0 Å². The summed E-state index contributed by atoms with van der Waals surface area (Å²) >= 11 is 0. The van der Waals surface area contributed by atoms with Crippen molar-refractivity contribution in [1.29, 1.82) is 0 Å². The molecule has 14 atom stereocenters. The standard InChI is InChI=1S/C36H40O2/c1-15-16(2)18-12-11-17(15)25-21-13-22(26(18)25)30-29(21)35(3)31-23-14-24(32(31)36(30,35)4)28-27(23)33(37-5)19-9-7-8-10-20(19)34(28)38-6/h7-10,17-18,21-26,29-32H,1-2,11-14H2,3-6H3/t17-,18+,21-,22+,23+,24-,25+,26-,29-,30+,31+,32-,35-,36+. The molecule has 11 rings (SSSR count). The van der Waals surface area contributed by atoms with Crippen molar-refractivity contribution in [3.63, 3.8) is 0 Å². The summed E-state index contributed by atoms with van der Waals surface area (Å²) in [6, 6.07) is 8.77. The van der Waals surface area contributed by atoms with Gasteiger partial charge in [0.15, 0.2) is 0 Å². The smallest absolute Gasteiger partial charge is 0.130 e. The Labute approximate surface area is 226 Å². The van der Waals surface area contributed by atoms with Gasteiger partial charge in [0.25, 0.3) is 0 Å². The lowest BCUT2D eigenvalue weighted by atomic mass is 9.19. The van der Waals surface area contributed by atoms with Crippen LogP contribution in [-0.2, 0) is 0 Å². The maximum Gasteiger partial charge on any atom is 0.130 e. The predicted octanol–water partition coefficient (Wildman–Crippen LogP) is 7.98. The largest absolute Gasteiger partial charge is 0.496 e. The highest BCUT2D eigenvalue weighted by atomic mass is 16.5. The van der Waals surface area contributed by atoms with E-state index in [-0.39, 0.29) is 0 Å². The summed E-state index contributed by atoms with van der Waals surface area (Å²) in [5.74, 6) is 12.1. The van der Waals surface area contributed by atoms with Gasteiger partial charge in [0.05, 0.1) is 14.2 Å². The molecule has 2 nitrogen and oxygen atoms in total. The van der Waals surface area contributed by atoms with Crippen molar-refractivity contribution in [2.45, 2.75) is 51.4 Å². The third-order valence-electron chi connectivity index (χ3n) is 15.4. The van der Waals surface area contributed by atoms with E-state index in [1.54, 1.807) is 0 Å². The molecule has 8 fully saturated rings. The molecule has 2 heteroatoms. The maximum atomic E-state index is 6.26. The molecular weight excluding hydrogens is 464 g/mol. The third-order valence-corrected chi connectivity index (χ3v) is 15.4. The Morgan fingerprint density at radius 2 is 1.11 bits per heavy atom. The van der Waals surface area contributed by atoms with Crippen LogP contribution in [0.4, 0.5) is 0 Å². The van der Waals surface area contributed by atoms with E-state index < -0.39 is 0 Å². The minimum Gasteiger partial charge on any atom is -0.496 e. The SMILES string of the molecule is C=C1C(=C)[C@@H]2CC[C@H]1[C@H]1[C@H]3C[C@@H]([C@H]12)[C@H]1[C@@H]3[C@]2(C)[C@@H]3[C@@H]([C@@H]4C[C@H]3c3c4c(OC)c4ccccc4c3OC)[C@]12C. The first kappa shape index (κ1) is 21.6. The topological polar surface area (TPSA) is 18.5 Å². The Hall–Kier alpha value is -2.22. The van der Waals surface area contributed by atoms with Crippen molar-refractivity contribution < 1.29 is 9.47 Å². The first-order valence-electron chi connectivity index (χ1n) is 15.4. The maximum absolute atomic E-state index is 6.26. The molecular formula is C36H40O2. The van der Waals surface area contributed by atoms with Crippen LogP contribution in [0, 0.1) is 70.0 Å². The molecule has 0 amide bonds. The van der Waals surface area contributed by atoms with E-state index in [4.69, 9.17) is 9.47 Å². The van der Waals surface area contributed by atoms with Gasteiger partial charge < -0.3 is 9.47 Å². The zero-order chi connectivity index (χ0) is 25.6. The molecule has 0 saturated heterocycles. The van der Waals surface area contributed by atoms with Gasteiger partial charge in [-0.25, -0.2) is 0 Å². The summed E-state index contributed by atoms with van der Waals surface area (Å²) in [5.41, 5.74) is 6.88. The molecule has 38 heavy (non-hydrogen) atoms. The first-order chi connectivity index (χ1) is 18.4. The van der Waals surface area contributed by atoms with Gasteiger partial charge in [-0.2, -0.15) is 0 Å². The minimum atomic E-state index is 0.475. The summed E-state index contributed by atoms with van der Waals surface area (Å²) < 4.78 is 12.5. The van der Waals surface area contributed by atoms with E-state index in [1.807, 2.05) is 14.2 Å². The Morgan fingerprint density at radius 3 is 1.53 bits per heavy atom. The number of ether oxygens (including phenoxy) is 2. The van der Waals surface area contributed by atoms with Gasteiger partial charge >= 0.3 is 0 Å². The number of hydrogen-bond donors (Lipinski definition) is 0. The van der Waals surface area contributed by atoms with Gasteiger partial charge in [-0.3, -0.25) is 0 Å². The molecule has 2 aromatic carbocycles. The molecule has 9 aliphatic rings. The fourth-order valence-electron chi connectivity index (χ4n) is 14.8. The van der Waals surface area contributed by atoms with E-state index in [0.29, 0.717) is 22.7 Å². The second kappa shape index (κ2) is 6.24. The van der Waals surface area contributed by atoms with Crippen LogP contribution in [0.5, 0.6) is 11.5 Å². The van der Waals surface area contributed by atoms with Crippen molar-refractivity contribution in [2.24, 2.45) is 70.0 Å². The lowest BCUT2D eigenvalue weighted by Crippen LogP contribution is -2.81. The summed E-state index contributed by atoms with van der Waals surface area (Å²) in [5, 5.41) is 2.46. The molecule has 2 aromatic rings. The quantitative estimate of drug-likeness (QED) is 0.386. The van der Waals surface area contributed by atoms with Crippen molar-refractivity contribution >= 4 is 10.8 Å². The number of rotatable bonds is 2. The van der Waals surface area contributed by atoms with Crippen LogP contribution in [0.2, 0.25) is 0 Å². The number of hydrogen-bond acceptors (Lipinski definition) is 2. The lowest BCUT2D eigenvalue weighted by molar-refractivity contribution is -0.374. The number of fused-ring (bicyclic) bond motifs is 21. The Kier molecular flexibility index (Phi) is 3.54. The van der Waals surface area contributed by atoms with E-state index in [0.717, 1.165) is 70.7 Å². The third kappa shape index (κ3) is 1.78. The van der Waals surface area contributed by atoms with Crippen LogP contribution in [0.15, 0.2) is 48.6 Å². The zero-order valence-corrected chi connectivity index (χ0v) is 23.3. The molecule has 8 saturated carbocycles. The number of benzene rings is 2. The molecule has 0 heterocycles. The molecule has 0 unspecified atom stereocenters. The van der Waals surface area contributed by atoms with Gasteiger partial charge in [0.1, 0.15) is 11.5 Å². The minimum absolute atomic E-state index is 0.475. The average molecular weight is 505 g/mol. The zero-order valence-electron chi connectivity index (χ0n) is 23.3. The number of allylic oxidation sites excluding steroid dienone is 2. The van der Waals surface area contributed by atoms with Gasteiger partial charge in [-0.1, -0.05) is 51.3 Å². The van der Waals surface area contributed by atoms with Gasteiger partial charge in [-0.15, -0.1) is 0 Å². The lowest BCUT2D eigenvalue weighted by Gasteiger charge is -2.85. The molecule has 0 aliphatic heterocycles. The second-order valence-corrected chi connectivity index (χ2v) is 15.1. The van der Waals surface area contributed by atoms with Crippen LogP contribution < -0.4 is 9.47 Å². The Balaban J connectivity index is 1.13. The Morgan fingerprint density at radius 1 is 0.658 bits per heavy atom. The highest BCUT2D eigenvalue weighted by Crippen LogP contribution is 2.96. The van der Waals surface area contributed by atoms with Crippen molar-refractivity contribution in [1.82, 2.24) is 0 Å². The normalized spacial score (nSPS) is 53.2. The van der Waals surface area contributed by atoms with Crippen LogP contribution >= 0.6 is 0 Å². The van der Waals surface area contributed by atoms with Crippen LogP contribution in [0.3, 0.4) is 0 Å². The average Bonchev–Trinajstić information content (AvgIpc) is 3.70. The first-order valence-corrected chi connectivity index (χ1v) is 15.4. The summed E-state index contributed by atoms with van der Waals surface area (Å²) in [4.78, 5) is 0. The van der Waals surface area contributed by atoms with E-state index in [1.165, 1.54) is 58.7 Å². The van der Waals surface area contributed by atoms with Crippen LogP contribution in [-0.4, -0.2) is 14.2 Å². The fraction of sp³-hybridized carbons (Fsp3) is 0.611. The highest BCUT2D eigenvalue weighted by molar-refractivity contribution is 5.97. The molecule has 9 aliphatic carbocycles. The van der Waals surface area contributed by atoms with E-state index >= 15 is 0 Å². The molecule has 0 radical (unpaired) electrons. The van der Waals surface area contributed by atoms with Crippen LogP contribution in [0.25, 0.3) is 10.8 Å². The molecule has 0 N–H and O–H groups in total. The monoisotopic (exact) mass is 504 g/mol. The van der Waals surface area contributed by atoms with E-state index in [2.05, 4.69) is 51.3 Å². The Bertz CT molecular complexity index is 1410. The molecule has 0 aromatic heterocycles. The van der Waals surface area contributed by atoms with Crippen LogP contribution in [0.1, 0.15) is 62.5 Å². The summed E-state index contributed by atoms with van der Waals surface area (Å²) in [6.07, 6.45) is 5.57.